The molecule has 4 N–H and O–H groups in total. The number of anilines is 2. The average Bonchev–Trinajstić information content (AvgIpc) is 2.33. The largest absolute Gasteiger partial charge is 0.396 e. The Morgan fingerprint density at radius 2 is 2.00 bits per heavy atom. The van der Waals surface area contributed by atoms with Crippen molar-refractivity contribution in [1.82, 2.24) is 0 Å². The van der Waals surface area contributed by atoms with Gasteiger partial charge in [0.25, 0.3) is 0 Å². The molecule has 17 heavy (non-hydrogen) atoms. The van der Waals surface area contributed by atoms with E-state index in [1.54, 1.807) is 6.07 Å². The number of nitrogens with two attached hydrogens (primary N) is 2. The number of hydrogen-bond donors (Lipinski definition) is 2. The zero-order chi connectivity index (χ0) is 12.4. The number of halogens is 1. The van der Waals surface area contributed by atoms with Crippen LogP contribution in [0.1, 0.15) is 12.8 Å². The molecule has 2 rings (SSSR count). The van der Waals surface area contributed by atoms with Gasteiger partial charge in [-0.25, -0.2) is 0 Å². The number of hydrogen-bond acceptors (Lipinski definition) is 3. The van der Waals surface area contributed by atoms with Crippen molar-refractivity contribution in [3.8, 4) is 0 Å². The highest BCUT2D eigenvalue weighted by Crippen LogP contribution is 2.32. The van der Waals surface area contributed by atoms with Crippen LogP contribution in [0.5, 0.6) is 0 Å². The number of carbonyl (C=O) groups is 1. The van der Waals surface area contributed by atoms with Gasteiger partial charge >= 0.3 is 0 Å². The summed E-state index contributed by atoms with van der Waals surface area (Å²) >= 11 is 5.99. The topological polar surface area (TPSA) is 72.4 Å². The lowest BCUT2D eigenvalue weighted by molar-refractivity contribution is -0.122. The van der Waals surface area contributed by atoms with Crippen molar-refractivity contribution < 1.29 is 4.79 Å². The lowest BCUT2D eigenvalue weighted by atomic mass is 9.96. The Bertz CT molecular complexity index is 428. The molecule has 1 saturated heterocycles. The van der Waals surface area contributed by atoms with Gasteiger partial charge in [-0.2, -0.15) is 0 Å². The van der Waals surface area contributed by atoms with Crippen LogP contribution in [0, 0.1) is 5.92 Å². The molecule has 0 radical (unpaired) electrons. The Hall–Kier alpha value is -1.42. The van der Waals surface area contributed by atoms with Crippen LogP contribution in [0.25, 0.3) is 0 Å². The van der Waals surface area contributed by atoms with Crippen LogP contribution in [0.15, 0.2) is 18.2 Å². The predicted molar refractivity (Wildman–Crippen MR) is 70.0 cm³/mol. The summed E-state index contributed by atoms with van der Waals surface area (Å²) in [6.07, 6.45) is 1.56. The first kappa shape index (κ1) is 12.0. The lowest BCUT2D eigenvalue weighted by Gasteiger charge is -2.33. The van der Waals surface area contributed by atoms with Crippen LogP contribution in [0.4, 0.5) is 11.4 Å². The lowest BCUT2D eigenvalue weighted by Crippen LogP contribution is -2.38. The average molecular weight is 254 g/mol. The molecule has 0 atom stereocenters. The molecule has 92 valence electrons. The molecule has 1 aliphatic heterocycles. The van der Waals surface area contributed by atoms with Gasteiger partial charge in [0, 0.05) is 19.0 Å². The first-order valence-electron chi connectivity index (χ1n) is 5.68. The van der Waals surface area contributed by atoms with Crippen LogP contribution < -0.4 is 16.4 Å². The van der Waals surface area contributed by atoms with Crippen molar-refractivity contribution >= 4 is 28.9 Å². The van der Waals surface area contributed by atoms with Gasteiger partial charge in [-0.15, -0.1) is 0 Å². The highest BCUT2D eigenvalue weighted by Gasteiger charge is 2.24. The van der Waals surface area contributed by atoms with Crippen molar-refractivity contribution in [2.45, 2.75) is 12.8 Å². The molecule has 0 unspecified atom stereocenters. The molecule has 0 spiro atoms. The van der Waals surface area contributed by atoms with E-state index in [-0.39, 0.29) is 11.8 Å². The number of piperidine rings is 1. The van der Waals surface area contributed by atoms with E-state index >= 15 is 0 Å². The fourth-order valence-corrected chi connectivity index (χ4v) is 2.38. The fraction of sp³-hybridized carbons (Fsp3) is 0.417. The van der Waals surface area contributed by atoms with Gasteiger partial charge in [0.1, 0.15) is 0 Å². The monoisotopic (exact) mass is 253 g/mol. The molecule has 0 saturated carbocycles. The van der Waals surface area contributed by atoms with Crippen molar-refractivity contribution in [3.63, 3.8) is 0 Å². The third kappa shape index (κ3) is 2.47. The normalized spacial score (nSPS) is 17.1. The van der Waals surface area contributed by atoms with E-state index in [9.17, 15) is 4.79 Å². The predicted octanol–water partition coefficient (Wildman–Crippen LogP) is 1.62. The zero-order valence-electron chi connectivity index (χ0n) is 9.53. The maximum absolute atomic E-state index is 11.1. The van der Waals surface area contributed by atoms with E-state index in [4.69, 9.17) is 23.1 Å². The quantitative estimate of drug-likeness (QED) is 0.787. The number of nitrogens with zero attached hydrogens (tertiary/aromatic N) is 1. The van der Waals surface area contributed by atoms with Crippen LogP contribution >= 0.6 is 11.6 Å². The summed E-state index contributed by atoms with van der Waals surface area (Å²) in [5.74, 6) is -0.213. The minimum atomic E-state index is -0.205. The maximum atomic E-state index is 11.1. The Kier molecular flexibility index (Phi) is 3.43. The molecule has 0 aromatic heterocycles. The van der Waals surface area contributed by atoms with E-state index in [0.29, 0.717) is 10.7 Å². The van der Waals surface area contributed by atoms with Gasteiger partial charge in [0.2, 0.25) is 5.91 Å². The third-order valence-electron chi connectivity index (χ3n) is 3.27. The van der Waals surface area contributed by atoms with E-state index in [1.165, 1.54) is 0 Å². The zero-order valence-corrected chi connectivity index (χ0v) is 10.3. The van der Waals surface area contributed by atoms with E-state index in [1.807, 2.05) is 12.1 Å². The summed E-state index contributed by atoms with van der Waals surface area (Å²) in [5.41, 5.74) is 12.8. The summed E-state index contributed by atoms with van der Waals surface area (Å²) in [4.78, 5) is 13.2. The Morgan fingerprint density at radius 3 is 2.59 bits per heavy atom. The number of primary amides is 1. The van der Waals surface area contributed by atoms with Crippen LogP contribution in [0.3, 0.4) is 0 Å². The molecule has 1 aromatic carbocycles. The van der Waals surface area contributed by atoms with E-state index in [0.717, 1.165) is 31.6 Å². The molecule has 1 amide bonds. The second-order valence-corrected chi connectivity index (χ2v) is 4.74. The van der Waals surface area contributed by atoms with Gasteiger partial charge in [-0.1, -0.05) is 17.7 Å². The molecular formula is C12H16ClN3O. The first-order chi connectivity index (χ1) is 8.09. The highest BCUT2D eigenvalue weighted by molar-refractivity contribution is 6.33. The number of rotatable bonds is 2. The first-order valence-corrected chi connectivity index (χ1v) is 6.05. The van der Waals surface area contributed by atoms with Gasteiger partial charge in [0.15, 0.2) is 0 Å². The van der Waals surface area contributed by atoms with Crippen LogP contribution in [0.2, 0.25) is 5.02 Å². The summed E-state index contributed by atoms with van der Waals surface area (Å²) in [7, 11) is 0. The Balaban J connectivity index is 2.10. The standard InChI is InChI=1S/C12H16ClN3O/c13-9-2-1-3-10(11(9)14)16-6-4-8(5-7-16)12(15)17/h1-3,8H,4-7,14H2,(H2,15,17). The van der Waals surface area contributed by atoms with Gasteiger partial charge < -0.3 is 16.4 Å². The third-order valence-corrected chi connectivity index (χ3v) is 3.60. The minimum absolute atomic E-state index is 0.00772. The molecule has 1 fully saturated rings. The molecule has 4 nitrogen and oxygen atoms in total. The number of para-hydroxylation sites is 1. The van der Waals surface area contributed by atoms with Crippen LogP contribution in [-0.4, -0.2) is 19.0 Å². The number of amides is 1. The highest BCUT2D eigenvalue weighted by atomic mass is 35.5. The minimum Gasteiger partial charge on any atom is -0.396 e. The molecule has 1 aliphatic rings. The second-order valence-electron chi connectivity index (χ2n) is 4.34. The summed E-state index contributed by atoms with van der Waals surface area (Å²) in [6.45, 7) is 1.58. The Labute approximate surface area is 106 Å². The molecular weight excluding hydrogens is 238 g/mol. The van der Waals surface area contributed by atoms with Crippen molar-refractivity contribution in [1.29, 1.82) is 0 Å². The number of carbonyl (C=O) groups excluding carboxylic acids is 1. The van der Waals surface area contributed by atoms with Gasteiger partial charge in [0.05, 0.1) is 16.4 Å². The molecule has 0 bridgehead atoms. The SMILES string of the molecule is NC(=O)C1CCN(c2cccc(Cl)c2N)CC1. The van der Waals surface area contributed by atoms with E-state index in [2.05, 4.69) is 4.90 Å². The van der Waals surface area contributed by atoms with Crippen LogP contribution in [-0.2, 0) is 4.79 Å². The smallest absolute Gasteiger partial charge is 0.220 e. The Morgan fingerprint density at radius 1 is 1.35 bits per heavy atom. The maximum Gasteiger partial charge on any atom is 0.220 e. The second kappa shape index (κ2) is 4.84. The molecule has 1 aromatic rings. The van der Waals surface area contributed by atoms with E-state index < -0.39 is 0 Å². The summed E-state index contributed by atoms with van der Waals surface area (Å²) in [5, 5.41) is 0.569. The van der Waals surface area contributed by atoms with Crippen molar-refractivity contribution in [2.24, 2.45) is 11.7 Å². The number of nitrogen functional groups attached to an aromatic ring is 1. The van der Waals surface area contributed by atoms with Gasteiger partial charge in [-0.3, -0.25) is 4.79 Å². The van der Waals surface area contributed by atoms with Crippen molar-refractivity contribution in [2.75, 3.05) is 23.7 Å². The van der Waals surface area contributed by atoms with Gasteiger partial charge in [-0.05, 0) is 25.0 Å². The number of benzene rings is 1. The molecule has 5 heteroatoms. The molecule has 1 heterocycles. The summed E-state index contributed by atoms with van der Waals surface area (Å²) in [6, 6.07) is 5.61. The molecule has 0 aliphatic carbocycles. The summed E-state index contributed by atoms with van der Waals surface area (Å²) < 4.78 is 0. The van der Waals surface area contributed by atoms with Crippen molar-refractivity contribution in [3.05, 3.63) is 23.2 Å². The fourth-order valence-electron chi connectivity index (χ4n) is 2.21.